The predicted molar refractivity (Wildman–Crippen MR) is 70.2 cm³/mol. The molecular weight excluding hydrogens is 338 g/mol. The number of ether oxygens (including phenoxy) is 2. The summed E-state index contributed by atoms with van der Waals surface area (Å²) in [4.78, 5) is 27.7. The Morgan fingerprint density at radius 2 is 1.95 bits per heavy atom. The van der Waals surface area contributed by atoms with Crippen LogP contribution in [0.3, 0.4) is 0 Å². The lowest BCUT2D eigenvalue weighted by atomic mass is 10.3. The molecule has 8 heteroatoms. The zero-order chi connectivity index (χ0) is 14.0. The van der Waals surface area contributed by atoms with Gasteiger partial charge in [0.25, 0.3) is 0 Å². The molecule has 0 radical (unpaired) electrons. The van der Waals surface area contributed by atoms with E-state index < -0.39 is 11.9 Å². The van der Waals surface area contributed by atoms with Crippen LogP contribution in [0.1, 0.15) is 21.0 Å². The summed E-state index contributed by atoms with van der Waals surface area (Å²) in [6.07, 6.45) is 0. The van der Waals surface area contributed by atoms with Gasteiger partial charge in [0.1, 0.15) is 0 Å². The van der Waals surface area contributed by atoms with Crippen LogP contribution in [-0.4, -0.2) is 31.1 Å². The van der Waals surface area contributed by atoms with Crippen molar-refractivity contribution in [1.29, 1.82) is 0 Å². The molecule has 0 bridgehead atoms. The first-order chi connectivity index (χ1) is 9.06. The van der Waals surface area contributed by atoms with Crippen LogP contribution in [0.15, 0.2) is 20.3 Å². The van der Waals surface area contributed by atoms with Crippen LogP contribution in [-0.2, 0) is 9.47 Å². The third kappa shape index (κ3) is 2.69. The monoisotopic (exact) mass is 345 g/mol. The largest absolute Gasteiger partial charge is 0.464 e. The lowest BCUT2D eigenvalue weighted by Crippen LogP contribution is -2.10. The van der Waals surface area contributed by atoms with Gasteiger partial charge in [-0.15, -0.1) is 11.3 Å². The van der Waals surface area contributed by atoms with Gasteiger partial charge in [-0.1, -0.05) is 0 Å². The Hall–Kier alpha value is -1.67. The van der Waals surface area contributed by atoms with Crippen molar-refractivity contribution < 1.29 is 23.5 Å². The molecule has 0 N–H and O–H groups in total. The maximum absolute atomic E-state index is 11.5. The molecule has 2 rings (SSSR count). The van der Waals surface area contributed by atoms with Gasteiger partial charge in [0.15, 0.2) is 0 Å². The van der Waals surface area contributed by atoms with E-state index in [2.05, 4.69) is 30.4 Å². The Bertz CT molecular complexity index is 599. The first kappa shape index (κ1) is 13.8. The number of oxazole rings is 1. The second kappa shape index (κ2) is 5.54. The van der Waals surface area contributed by atoms with Gasteiger partial charge in [-0.05, 0) is 28.1 Å². The minimum absolute atomic E-state index is 0.163. The Morgan fingerprint density at radius 1 is 1.26 bits per heavy atom. The Labute approximate surface area is 120 Å². The van der Waals surface area contributed by atoms with Crippen LogP contribution in [0, 0.1) is 0 Å². The number of esters is 2. The van der Waals surface area contributed by atoms with Crippen LogP contribution in [0.2, 0.25) is 0 Å². The molecule has 6 nitrogen and oxygen atoms in total. The third-order valence-corrected chi connectivity index (χ3v) is 3.77. The van der Waals surface area contributed by atoms with Gasteiger partial charge >= 0.3 is 11.9 Å². The standard InChI is InChI=1S/C11H8BrNO5S/c1-16-10(14)7-8(11(15)17-2)18-9(13-7)5-3-4-6(12)19-5/h3-4H,1-2H3. The third-order valence-electron chi connectivity index (χ3n) is 2.16. The fourth-order valence-electron chi connectivity index (χ4n) is 1.32. The molecule has 0 saturated heterocycles. The average molecular weight is 346 g/mol. The van der Waals surface area contributed by atoms with Crippen molar-refractivity contribution in [3.63, 3.8) is 0 Å². The van der Waals surface area contributed by atoms with E-state index in [1.165, 1.54) is 25.6 Å². The summed E-state index contributed by atoms with van der Waals surface area (Å²) in [7, 11) is 2.38. The van der Waals surface area contributed by atoms with E-state index in [1.54, 1.807) is 12.1 Å². The maximum Gasteiger partial charge on any atom is 0.376 e. The number of thiophene rings is 1. The quantitative estimate of drug-likeness (QED) is 0.795. The first-order valence-corrected chi connectivity index (χ1v) is 6.61. The molecule has 0 aliphatic heterocycles. The number of rotatable bonds is 3. The molecule has 0 aliphatic carbocycles. The first-order valence-electron chi connectivity index (χ1n) is 5.00. The van der Waals surface area contributed by atoms with Gasteiger partial charge in [0.05, 0.1) is 22.9 Å². The predicted octanol–water partition coefficient (Wildman–Crippen LogP) is 2.74. The highest BCUT2D eigenvalue weighted by Crippen LogP contribution is 2.32. The normalized spacial score (nSPS) is 10.3. The highest BCUT2D eigenvalue weighted by atomic mass is 79.9. The van der Waals surface area contributed by atoms with Crippen molar-refractivity contribution in [1.82, 2.24) is 4.98 Å². The van der Waals surface area contributed by atoms with Crippen LogP contribution in [0.4, 0.5) is 0 Å². The Balaban J connectivity index is 2.51. The fourth-order valence-corrected chi connectivity index (χ4v) is 2.63. The molecule has 0 amide bonds. The molecule has 2 aromatic rings. The number of hydrogen-bond donors (Lipinski definition) is 0. The van der Waals surface area contributed by atoms with Crippen molar-refractivity contribution in [2.75, 3.05) is 14.2 Å². The van der Waals surface area contributed by atoms with E-state index in [0.29, 0.717) is 4.88 Å². The molecule has 0 aliphatic rings. The lowest BCUT2D eigenvalue weighted by Gasteiger charge is -1.96. The zero-order valence-electron chi connectivity index (χ0n) is 9.93. The van der Waals surface area contributed by atoms with E-state index in [0.717, 1.165) is 3.79 Å². The smallest absolute Gasteiger partial charge is 0.376 e. The van der Waals surface area contributed by atoms with Crippen molar-refractivity contribution in [3.8, 4) is 10.8 Å². The number of aromatic nitrogens is 1. The number of halogens is 1. The summed E-state index contributed by atoms with van der Waals surface area (Å²) >= 11 is 4.66. The SMILES string of the molecule is COC(=O)c1nc(-c2ccc(Br)s2)oc1C(=O)OC. The molecule has 19 heavy (non-hydrogen) atoms. The Morgan fingerprint density at radius 3 is 2.47 bits per heavy atom. The summed E-state index contributed by atoms with van der Waals surface area (Å²) in [6, 6.07) is 3.56. The van der Waals surface area contributed by atoms with Crippen molar-refractivity contribution >= 4 is 39.2 Å². The number of carbonyl (C=O) groups excluding carboxylic acids is 2. The molecule has 2 heterocycles. The molecule has 100 valence electrons. The van der Waals surface area contributed by atoms with Gasteiger partial charge in [-0.3, -0.25) is 0 Å². The maximum atomic E-state index is 11.5. The second-order valence-corrected chi connectivity index (χ2v) is 5.75. The molecular formula is C11H8BrNO5S. The van der Waals surface area contributed by atoms with Crippen LogP contribution in [0.25, 0.3) is 10.8 Å². The fraction of sp³-hybridized carbons (Fsp3) is 0.182. The molecule has 2 aromatic heterocycles. The highest BCUT2D eigenvalue weighted by molar-refractivity contribution is 9.11. The minimum atomic E-state index is -0.783. The number of methoxy groups -OCH3 is 2. The molecule has 0 spiro atoms. The van der Waals surface area contributed by atoms with E-state index in [4.69, 9.17) is 4.42 Å². The van der Waals surface area contributed by atoms with E-state index >= 15 is 0 Å². The summed E-state index contributed by atoms with van der Waals surface area (Å²) in [6.45, 7) is 0. The summed E-state index contributed by atoms with van der Waals surface area (Å²) < 4.78 is 15.3. The van der Waals surface area contributed by atoms with Crippen molar-refractivity contribution in [3.05, 3.63) is 27.4 Å². The number of hydrogen-bond acceptors (Lipinski definition) is 7. The minimum Gasteiger partial charge on any atom is -0.464 e. The number of nitrogens with zero attached hydrogens (tertiary/aromatic N) is 1. The van der Waals surface area contributed by atoms with Crippen molar-refractivity contribution in [2.45, 2.75) is 0 Å². The lowest BCUT2D eigenvalue weighted by molar-refractivity contribution is 0.0527. The van der Waals surface area contributed by atoms with Gasteiger partial charge < -0.3 is 13.9 Å². The Kier molecular flexibility index (Phi) is 4.01. The van der Waals surface area contributed by atoms with Crippen LogP contribution in [0.5, 0.6) is 0 Å². The van der Waals surface area contributed by atoms with Gasteiger partial charge in [0.2, 0.25) is 17.3 Å². The summed E-state index contributed by atoms with van der Waals surface area (Å²) in [5.41, 5.74) is -0.200. The van der Waals surface area contributed by atoms with E-state index in [9.17, 15) is 9.59 Å². The van der Waals surface area contributed by atoms with Crippen molar-refractivity contribution in [2.24, 2.45) is 0 Å². The molecule has 0 saturated carbocycles. The highest BCUT2D eigenvalue weighted by Gasteiger charge is 2.27. The summed E-state index contributed by atoms with van der Waals surface area (Å²) in [5, 5.41) is 0. The van der Waals surface area contributed by atoms with Crippen LogP contribution >= 0.6 is 27.3 Å². The second-order valence-electron chi connectivity index (χ2n) is 3.28. The summed E-state index contributed by atoms with van der Waals surface area (Å²) in [5.74, 6) is -1.65. The van der Waals surface area contributed by atoms with Crippen LogP contribution < -0.4 is 0 Å². The average Bonchev–Trinajstić information content (AvgIpc) is 3.02. The molecule has 0 unspecified atom stereocenters. The molecule has 0 fully saturated rings. The van der Waals surface area contributed by atoms with Gasteiger partial charge in [0, 0.05) is 0 Å². The topological polar surface area (TPSA) is 78.6 Å². The van der Waals surface area contributed by atoms with Gasteiger partial charge in [-0.2, -0.15) is 0 Å². The molecule has 0 aromatic carbocycles. The zero-order valence-corrected chi connectivity index (χ0v) is 12.3. The van der Waals surface area contributed by atoms with E-state index in [1.807, 2.05) is 0 Å². The van der Waals surface area contributed by atoms with E-state index in [-0.39, 0.29) is 17.3 Å². The van der Waals surface area contributed by atoms with Gasteiger partial charge in [-0.25, -0.2) is 14.6 Å². The number of carbonyl (C=O) groups is 2. The molecule has 0 atom stereocenters.